The smallest absolute Gasteiger partial charge is 0.304 e. The topological polar surface area (TPSA) is 118 Å². The lowest BCUT2D eigenvalue weighted by Gasteiger charge is -2.24. The Kier molecular flexibility index (Phi) is 9.89. The summed E-state index contributed by atoms with van der Waals surface area (Å²) in [5, 5.41) is 41.3. The van der Waals surface area contributed by atoms with Crippen LogP contribution in [0.25, 0.3) is 0 Å². The van der Waals surface area contributed by atoms with Gasteiger partial charge in [0, 0.05) is 11.7 Å². The van der Waals surface area contributed by atoms with E-state index in [2.05, 4.69) is 12.6 Å². The van der Waals surface area contributed by atoms with Crippen molar-refractivity contribution in [1.82, 2.24) is 0 Å². The van der Waals surface area contributed by atoms with Crippen molar-refractivity contribution in [3.05, 3.63) is 0 Å². The molecule has 0 rings (SSSR count). The van der Waals surface area contributed by atoms with Crippen molar-refractivity contribution < 1.29 is 30.3 Å². The third-order valence-corrected chi connectivity index (χ3v) is 2.29. The summed E-state index contributed by atoms with van der Waals surface area (Å²) in [6.45, 7) is 3.54. The van der Waals surface area contributed by atoms with Crippen LogP contribution in [0.5, 0.6) is 0 Å². The molecule has 5 N–H and O–H groups in total. The van der Waals surface area contributed by atoms with Gasteiger partial charge in [0.25, 0.3) is 0 Å². The first kappa shape index (κ1) is 18.0. The zero-order chi connectivity index (χ0) is 13.4. The monoisotopic (exact) mass is 256 g/mol. The minimum Gasteiger partial charge on any atom is -0.481 e. The van der Waals surface area contributed by atoms with Gasteiger partial charge in [-0.3, -0.25) is 4.79 Å². The Labute approximate surface area is 100.0 Å². The predicted molar refractivity (Wildman–Crippen MR) is 61.0 cm³/mol. The molecule has 2 unspecified atom stereocenters. The Balaban J connectivity index is 0. The normalized spacial score (nSPS) is 14.7. The van der Waals surface area contributed by atoms with Gasteiger partial charge in [0.1, 0.15) is 6.10 Å². The standard InChI is InChI=1S/C5H12O4S.C4H8O2/c1-2-3(10)4(6)5(7,8)9;1-2-3-4(5)6/h3-4,6-10H,2H2,1H3;2-3H2,1H3,(H,5,6). The highest BCUT2D eigenvalue weighted by Gasteiger charge is 2.34. The van der Waals surface area contributed by atoms with Crippen molar-refractivity contribution in [2.75, 3.05) is 0 Å². The van der Waals surface area contributed by atoms with E-state index < -0.39 is 23.3 Å². The van der Waals surface area contributed by atoms with E-state index in [0.717, 1.165) is 6.42 Å². The van der Waals surface area contributed by atoms with Gasteiger partial charge in [0.15, 0.2) is 0 Å². The molecule has 0 saturated carbocycles. The first-order valence-corrected chi connectivity index (χ1v) is 5.43. The quantitative estimate of drug-likeness (QED) is 0.293. The maximum Gasteiger partial charge on any atom is 0.304 e. The summed E-state index contributed by atoms with van der Waals surface area (Å²) in [5.41, 5.74) is 0. The highest BCUT2D eigenvalue weighted by atomic mass is 32.1. The van der Waals surface area contributed by atoms with E-state index in [4.69, 9.17) is 25.5 Å². The van der Waals surface area contributed by atoms with Crippen molar-refractivity contribution in [2.24, 2.45) is 0 Å². The Morgan fingerprint density at radius 2 is 1.75 bits per heavy atom. The van der Waals surface area contributed by atoms with Gasteiger partial charge >= 0.3 is 11.9 Å². The summed E-state index contributed by atoms with van der Waals surface area (Å²) < 4.78 is 0. The molecule has 0 amide bonds. The minimum atomic E-state index is -3.04. The third kappa shape index (κ3) is 10.2. The van der Waals surface area contributed by atoms with E-state index in [0.29, 0.717) is 12.8 Å². The third-order valence-electron chi connectivity index (χ3n) is 1.64. The van der Waals surface area contributed by atoms with Crippen LogP contribution in [-0.4, -0.2) is 48.8 Å². The molecule has 0 fully saturated rings. The molecule has 0 aromatic rings. The van der Waals surface area contributed by atoms with Crippen LogP contribution < -0.4 is 0 Å². The number of aliphatic hydroxyl groups is 4. The molecule has 98 valence electrons. The van der Waals surface area contributed by atoms with Gasteiger partial charge in [-0.1, -0.05) is 13.8 Å². The predicted octanol–water partition coefficient (Wildman–Crippen LogP) is -0.443. The number of carboxylic acids is 1. The number of carbonyl (C=O) groups is 1. The number of carboxylic acid groups (broad SMARTS) is 1. The van der Waals surface area contributed by atoms with Crippen LogP contribution in [0.1, 0.15) is 33.1 Å². The Hall–Kier alpha value is -0.340. The molecular formula is C9H20O6S. The number of aliphatic carboxylic acids is 1. The van der Waals surface area contributed by atoms with Crippen LogP contribution in [-0.2, 0) is 4.79 Å². The lowest BCUT2D eigenvalue weighted by atomic mass is 10.2. The molecule has 0 aliphatic carbocycles. The van der Waals surface area contributed by atoms with Crippen LogP contribution in [0.4, 0.5) is 0 Å². The molecule has 0 radical (unpaired) electrons. The van der Waals surface area contributed by atoms with Gasteiger partial charge in [0.05, 0.1) is 0 Å². The number of thiol groups is 1. The average molecular weight is 256 g/mol. The van der Waals surface area contributed by atoms with Crippen LogP contribution in [0.2, 0.25) is 0 Å². The maximum absolute atomic E-state index is 9.60. The summed E-state index contributed by atoms with van der Waals surface area (Å²) in [4.78, 5) is 9.60. The van der Waals surface area contributed by atoms with Crippen LogP contribution in [0.15, 0.2) is 0 Å². The van der Waals surface area contributed by atoms with Gasteiger partial charge in [-0.15, -0.1) is 0 Å². The molecule has 0 aliphatic rings. The van der Waals surface area contributed by atoms with Crippen LogP contribution in [0.3, 0.4) is 0 Å². The number of aliphatic hydroxyl groups excluding tert-OH is 1. The van der Waals surface area contributed by atoms with Gasteiger partial charge < -0.3 is 25.5 Å². The second kappa shape index (κ2) is 8.77. The summed E-state index contributed by atoms with van der Waals surface area (Å²) >= 11 is 3.79. The largest absolute Gasteiger partial charge is 0.481 e. The zero-order valence-corrected chi connectivity index (χ0v) is 10.3. The molecule has 7 heteroatoms. The minimum absolute atomic E-state index is 0.292. The molecule has 0 aromatic heterocycles. The van der Waals surface area contributed by atoms with Crippen molar-refractivity contribution in [1.29, 1.82) is 0 Å². The van der Waals surface area contributed by atoms with E-state index in [-0.39, 0.29) is 0 Å². The maximum atomic E-state index is 9.60. The SMILES string of the molecule is CCC(S)C(O)C(O)(O)O.CCCC(=O)O. The zero-order valence-electron chi connectivity index (χ0n) is 9.37. The molecule has 0 bridgehead atoms. The number of rotatable bonds is 5. The molecule has 0 aliphatic heterocycles. The highest BCUT2D eigenvalue weighted by Crippen LogP contribution is 2.14. The molecule has 2 atom stereocenters. The van der Waals surface area contributed by atoms with Crippen LogP contribution in [0, 0.1) is 0 Å². The Morgan fingerprint density at radius 1 is 1.31 bits per heavy atom. The van der Waals surface area contributed by atoms with Gasteiger partial charge in [-0.25, -0.2) is 0 Å². The molecule has 0 heterocycles. The molecule has 16 heavy (non-hydrogen) atoms. The summed E-state index contributed by atoms with van der Waals surface area (Å²) in [7, 11) is 0. The lowest BCUT2D eigenvalue weighted by Crippen LogP contribution is -2.47. The Bertz CT molecular complexity index is 191. The van der Waals surface area contributed by atoms with E-state index in [1.165, 1.54) is 0 Å². The molecular weight excluding hydrogens is 236 g/mol. The first-order valence-electron chi connectivity index (χ1n) is 4.91. The average Bonchev–Trinajstić information content (AvgIpc) is 2.14. The van der Waals surface area contributed by atoms with E-state index in [9.17, 15) is 4.79 Å². The van der Waals surface area contributed by atoms with Gasteiger partial charge in [0.2, 0.25) is 0 Å². The summed E-state index contributed by atoms with van der Waals surface area (Å²) in [6.07, 6.45) is -0.177. The van der Waals surface area contributed by atoms with E-state index in [1.807, 2.05) is 6.92 Å². The fourth-order valence-electron chi connectivity index (χ4n) is 0.695. The molecule has 6 nitrogen and oxygen atoms in total. The first-order chi connectivity index (χ1) is 7.16. The lowest BCUT2D eigenvalue weighted by molar-refractivity contribution is -0.354. The molecule has 0 aromatic carbocycles. The highest BCUT2D eigenvalue weighted by molar-refractivity contribution is 7.81. The summed E-state index contributed by atoms with van der Waals surface area (Å²) in [5.74, 6) is -3.75. The second-order valence-electron chi connectivity index (χ2n) is 3.25. The van der Waals surface area contributed by atoms with Crippen LogP contribution >= 0.6 is 12.6 Å². The van der Waals surface area contributed by atoms with E-state index >= 15 is 0 Å². The van der Waals surface area contributed by atoms with Gasteiger partial charge in [-0.05, 0) is 12.8 Å². The fourth-order valence-corrected chi connectivity index (χ4v) is 0.895. The second-order valence-corrected chi connectivity index (χ2v) is 3.91. The summed E-state index contributed by atoms with van der Waals surface area (Å²) in [6, 6.07) is 0. The fraction of sp³-hybridized carbons (Fsp3) is 0.889. The van der Waals surface area contributed by atoms with Crippen molar-refractivity contribution in [3.8, 4) is 0 Å². The van der Waals surface area contributed by atoms with Crippen molar-refractivity contribution in [2.45, 2.75) is 50.4 Å². The van der Waals surface area contributed by atoms with Crippen molar-refractivity contribution >= 4 is 18.6 Å². The molecule has 0 spiro atoms. The number of hydrogen-bond acceptors (Lipinski definition) is 6. The van der Waals surface area contributed by atoms with Gasteiger partial charge in [-0.2, -0.15) is 12.6 Å². The number of hydrogen-bond donors (Lipinski definition) is 6. The Morgan fingerprint density at radius 3 is 1.81 bits per heavy atom. The van der Waals surface area contributed by atoms with E-state index in [1.54, 1.807) is 6.92 Å². The van der Waals surface area contributed by atoms with Crippen molar-refractivity contribution in [3.63, 3.8) is 0 Å². The molecule has 0 saturated heterocycles.